The zero-order valence-electron chi connectivity index (χ0n) is 10.5. The highest BCUT2D eigenvalue weighted by Gasteiger charge is 2.23. The van der Waals surface area contributed by atoms with Gasteiger partial charge in [-0.2, -0.15) is 0 Å². The van der Waals surface area contributed by atoms with Crippen LogP contribution >= 0.6 is 0 Å². The minimum atomic E-state index is -2.81. The largest absolute Gasteiger partial charge is 0.315 e. The zero-order valence-corrected chi connectivity index (χ0v) is 11.4. The molecule has 1 fully saturated rings. The fourth-order valence-electron chi connectivity index (χ4n) is 1.82. The van der Waals surface area contributed by atoms with Gasteiger partial charge in [0.25, 0.3) is 0 Å². The summed E-state index contributed by atoms with van der Waals surface area (Å²) in [5, 5.41) is 3.22. The quantitative estimate of drug-likeness (QED) is 0.666. The predicted molar refractivity (Wildman–Crippen MR) is 68.3 cm³/mol. The lowest BCUT2D eigenvalue weighted by Gasteiger charge is -2.24. The van der Waals surface area contributed by atoms with Crippen LogP contribution in [0.25, 0.3) is 0 Å². The Kier molecular flexibility index (Phi) is 5.76. The summed E-state index contributed by atoms with van der Waals surface area (Å²) in [5.41, 5.74) is 0. The van der Waals surface area contributed by atoms with Gasteiger partial charge in [-0.3, -0.25) is 0 Å². The monoisotopic (exact) mass is 247 g/mol. The van der Waals surface area contributed by atoms with Crippen LogP contribution in [-0.4, -0.2) is 33.0 Å². The lowest BCUT2D eigenvalue weighted by atomic mass is 9.87. The van der Waals surface area contributed by atoms with Crippen molar-refractivity contribution in [2.24, 2.45) is 11.8 Å². The van der Waals surface area contributed by atoms with Gasteiger partial charge < -0.3 is 5.32 Å². The Morgan fingerprint density at radius 3 is 2.56 bits per heavy atom. The van der Waals surface area contributed by atoms with Crippen LogP contribution in [0.2, 0.25) is 0 Å². The Labute approximate surface area is 99.9 Å². The van der Waals surface area contributed by atoms with Crippen molar-refractivity contribution in [2.45, 2.75) is 39.5 Å². The molecular weight excluding hydrogens is 222 g/mol. The number of nitrogens with one attached hydrogen (secondary N) is 1. The highest BCUT2D eigenvalue weighted by molar-refractivity contribution is 7.91. The lowest BCUT2D eigenvalue weighted by Crippen LogP contribution is -2.30. The molecule has 0 aromatic heterocycles. The summed E-state index contributed by atoms with van der Waals surface area (Å²) < 4.78 is 23.4. The molecule has 3 nitrogen and oxygen atoms in total. The first-order valence-electron chi connectivity index (χ1n) is 6.44. The summed E-state index contributed by atoms with van der Waals surface area (Å²) in [6.45, 7) is 5.87. The van der Waals surface area contributed by atoms with Gasteiger partial charge in [0, 0.05) is 6.54 Å². The van der Waals surface area contributed by atoms with Crippen molar-refractivity contribution in [2.75, 3.05) is 24.6 Å². The highest BCUT2D eigenvalue weighted by atomic mass is 32.2. The van der Waals surface area contributed by atoms with Crippen molar-refractivity contribution in [3.8, 4) is 0 Å². The molecule has 0 spiro atoms. The van der Waals surface area contributed by atoms with Crippen molar-refractivity contribution in [1.82, 2.24) is 5.32 Å². The average molecular weight is 247 g/mol. The van der Waals surface area contributed by atoms with Crippen molar-refractivity contribution in [3.63, 3.8) is 0 Å². The summed E-state index contributed by atoms with van der Waals surface area (Å²) in [6, 6.07) is 0. The van der Waals surface area contributed by atoms with Crippen LogP contribution in [0.15, 0.2) is 0 Å². The minimum Gasteiger partial charge on any atom is -0.315 e. The fourth-order valence-corrected chi connectivity index (χ4v) is 3.50. The van der Waals surface area contributed by atoms with Crippen LogP contribution in [0.4, 0.5) is 0 Å². The molecule has 0 aliphatic heterocycles. The first-order valence-corrected chi connectivity index (χ1v) is 8.26. The van der Waals surface area contributed by atoms with E-state index in [-0.39, 0.29) is 0 Å². The third-order valence-corrected chi connectivity index (χ3v) is 5.30. The molecule has 1 unspecified atom stereocenters. The molecule has 0 aromatic rings. The van der Waals surface area contributed by atoms with Crippen molar-refractivity contribution >= 4 is 9.84 Å². The van der Waals surface area contributed by atoms with E-state index in [4.69, 9.17) is 0 Å². The van der Waals surface area contributed by atoms with Crippen LogP contribution in [0.1, 0.15) is 39.5 Å². The molecule has 1 N–H and O–H groups in total. The Morgan fingerprint density at radius 1 is 1.38 bits per heavy atom. The van der Waals surface area contributed by atoms with E-state index >= 15 is 0 Å². The second-order valence-electron chi connectivity index (χ2n) is 5.13. The molecule has 1 rings (SSSR count). The molecule has 1 aliphatic carbocycles. The van der Waals surface area contributed by atoms with E-state index < -0.39 is 9.84 Å². The van der Waals surface area contributed by atoms with E-state index in [1.165, 1.54) is 6.42 Å². The second kappa shape index (κ2) is 6.60. The molecular formula is C12H25NO2S. The van der Waals surface area contributed by atoms with Gasteiger partial charge >= 0.3 is 0 Å². The van der Waals surface area contributed by atoms with Crippen LogP contribution in [0.3, 0.4) is 0 Å². The number of hydrogen-bond donors (Lipinski definition) is 1. The molecule has 0 heterocycles. The number of hydrogen-bond acceptors (Lipinski definition) is 3. The summed E-state index contributed by atoms with van der Waals surface area (Å²) >= 11 is 0. The van der Waals surface area contributed by atoms with E-state index in [9.17, 15) is 8.42 Å². The van der Waals surface area contributed by atoms with Gasteiger partial charge in [-0.25, -0.2) is 8.42 Å². The number of sulfone groups is 1. The third kappa shape index (κ3) is 5.30. The Morgan fingerprint density at radius 2 is 2.06 bits per heavy atom. The van der Waals surface area contributed by atoms with Crippen molar-refractivity contribution < 1.29 is 8.42 Å². The third-order valence-electron chi connectivity index (χ3n) is 3.49. The Bertz CT molecular complexity index is 283. The molecule has 1 atom stereocenters. The maximum absolute atomic E-state index is 11.7. The van der Waals surface area contributed by atoms with Crippen molar-refractivity contribution in [3.05, 3.63) is 0 Å². The van der Waals surface area contributed by atoms with Gasteiger partial charge in [0.1, 0.15) is 0 Å². The van der Waals surface area contributed by atoms with E-state index in [1.807, 2.05) is 0 Å². The normalized spacial score (nSPS) is 19.4. The highest BCUT2D eigenvalue weighted by Crippen LogP contribution is 2.27. The molecule has 1 aliphatic rings. The topological polar surface area (TPSA) is 46.2 Å². The van der Waals surface area contributed by atoms with E-state index in [1.54, 1.807) is 0 Å². The predicted octanol–water partition coefficient (Wildman–Crippen LogP) is 1.84. The maximum atomic E-state index is 11.7. The van der Waals surface area contributed by atoms with Gasteiger partial charge in [0.05, 0.1) is 11.5 Å². The molecule has 0 bridgehead atoms. The molecule has 0 aromatic carbocycles. The molecule has 16 heavy (non-hydrogen) atoms. The second-order valence-corrected chi connectivity index (χ2v) is 7.36. The SMILES string of the molecule is CCC(C)CNCCS(=O)(=O)CC1CCC1. The molecule has 4 heteroatoms. The summed E-state index contributed by atoms with van der Waals surface area (Å²) in [4.78, 5) is 0. The first kappa shape index (κ1) is 14.0. The van der Waals surface area contributed by atoms with Crippen LogP contribution in [0.5, 0.6) is 0 Å². The van der Waals surface area contributed by atoms with Gasteiger partial charge in [-0.15, -0.1) is 0 Å². The average Bonchev–Trinajstić information content (AvgIpc) is 2.18. The van der Waals surface area contributed by atoms with E-state index in [2.05, 4.69) is 19.2 Å². The van der Waals surface area contributed by atoms with Gasteiger partial charge in [-0.1, -0.05) is 26.7 Å². The van der Waals surface area contributed by atoms with E-state index in [0.717, 1.165) is 25.8 Å². The van der Waals surface area contributed by atoms with Crippen LogP contribution in [-0.2, 0) is 9.84 Å². The van der Waals surface area contributed by atoms with Crippen LogP contribution in [0, 0.1) is 11.8 Å². The molecule has 0 radical (unpaired) electrons. The van der Waals surface area contributed by atoms with Gasteiger partial charge in [0.15, 0.2) is 9.84 Å². The minimum absolute atomic E-state index is 0.305. The maximum Gasteiger partial charge on any atom is 0.151 e. The standard InChI is InChI=1S/C12H25NO2S/c1-3-11(2)9-13-7-8-16(14,15)10-12-5-4-6-12/h11-13H,3-10H2,1-2H3. The smallest absolute Gasteiger partial charge is 0.151 e. The van der Waals surface area contributed by atoms with Crippen molar-refractivity contribution in [1.29, 1.82) is 0 Å². The summed E-state index contributed by atoms with van der Waals surface area (Å²) in [6.07, 6.45) is 4.58. The van der Waals surface area contributed by atoms with Gasteiger partial charge in [0.2, 0.25) is 0 Å². The molecule has 1 saturated carbocycles. The van der Waals surface area contributed by atoms with Gasteiger partial charge in [-0.05, 0) is 31.2 Å². The summed E-state index contributed by atoms with van der Waals surface area (Å²) in [7, 11) is -2.81. The molecule has 96 valence electrons. The van der Waals surface area contributed by atoms with E-state index in [0.29, 0.717) is 29.9 Å². The molecule has 0 saturated heterocycles. The Balaban J connectivity index is 2.10. The first-order chi connectivity index (χ1) is 7.53. The zero-order chi connectivity index (χ0) is 12.0. The fraction of sp³-hybridized carbons (Fsp3) is 1.00. The van der Waals surface area contributed by atoms with Crippen LogP contribution < -0.4 is 5.32 Å². The molecule has 0 amide bonds. The summed E-state index contributed by atoms with van der Waals surface area (Å²) in [5.74, 6) is 1.81. The lowest BCUT2D eigenvalue weighted by molar-refractivity contribution is 0.347. The number of rotatable bonds is 8. The Hall–Kier alpha value is -0.0900.